The number of para-hydroxylation sites is 1. The van der Waals surface area contributed by atoms with Gasteiger partial charge in [-0.3, -0.25) is 9.78 Å². The third-order valence-corrected chi connectivity index (χ3v) is 5.59. The zero-order valence-electron chi connectivity index (χ0n) is 13.2. The van der Waals surface area contributed by atoms with E-state index in [0.29, 0.717) is 4.31 Å². The van der Waals surface area contributed by atoms with Crippen LogP contribution in [0.1, 0.15) is 10.4 Å². The highest BCUT2D eigenvalue weighted by Crippen LogP contribution is 2.41. The maximum Gasteiger partial charge on any atom is 0.273 e. The minimum absolute atomic E-state index is 0.0316. The molecule has 1 aromatic heterocycles. The standard InChI is InChI=1S/C18H11FN2O4S/c19-14-7-3-8-15(17(14)25-12-5-4-10-20-11-12)21-18(22)13-6-1-2-9-16(13)26(21,23)24/h1-11H. The van der Waals surface area contributed by atoms with Crippen LogP contribution in [0.3, 0.4) is 0 Å². The van der Waals surface area contributed by atoms with Crippen molar-refractivity contribution in [1.29, 1.82) is 0 Å². The molecule has 26 heavy (non-hydrogen) atoms. The van der Waals surface area contributed by atoms with Crippen molar-refractivity contribution < 1.29 is 22.3 Å². The van der Waals surface area contributed by atoms with E-state index in [9.17, 15) is 17.6 Å². The Morgan fingerprint density at radius 1 is 1.00 bits per heavy atom. The van der Waals surface area contributed by atoms with Gasteiger partial charge in [-0.15, -0.1) is 0 Å². The molecule has 0 aliphatic carbocycles. The fourth-order valence-electron chi connectivity index (χ4n) is 2.71. The van der Waals surface area contributed by atoms with E-state index in [2.05, 4.69) is 4.98 Å². The number of nitrogens with zero attached hydrogens (tertiary/aromatic N) is 2. The average Bonchev–Trinajstić information content (AvgIpc) is 2.84. The Hall–Kier alpha value is -3.26. The van der Waals surface area contributed by atoms with E-state index in [-0.39, 0.29) is 27.6 Å². The fourth-order valence-corrected chi connectivity index (χ4v) is 4.31. The molecule has 0 saturated carbocycles. The van der Waals surface area contributed by atoms with Crippen LogP contribution in [-0.2, 0) is 10.0 Å². The van der Waals surface area contributed by atoms with Gasteiger partial charge in [-0.05, 0) is 36.4 Å². The van der Waals surface area contributed by atoms with Gasteiger partial charge in [-0.1, -0.05) is 18.2 Å². The molecule has 0 unspecified atom stereocenters. The number of carbonyl (C=O) groups excluding carboxylic acids is 1. The normalized spacial score (nSPS) is 15.0. The number of aromatic nitrogens is 1. The smallest absolute Gasteiger partial charge is 0.273 e. The first kappa shape index (κ1) is 16.2. The summed E-state index contributed by atoms with van der Waals surface area (Å²) in [5.74, 6) is -1.72. The number of carbonyl (C=O) groups is 1. The SMILES string of the molecule is O=C1c2ccccc2S(=O)(=O)N1c1cccc(F)c1Oc1cccnc1. The van der Waals surface area contributed by atoms with Crippen LogP contribution in [-0.4, -0.2) is 19.3 Å². The molecule has 2 heterocycles. The largest absolute Gasteiger partial charge is 0.450 e. The predicted molar refractivity (Wildman–Crippen MR) is 91.1 cm³/mol. The van der Waals surface area contributed by atoms with Gasteiger partial charge in [0.25, 0.3) is 15.9 Å². The van der Waals surface area contributed by atoms with Crippen LogP contribution in [0.4, 0.5) is 10.1 Å². The number of pyridine rings is 1. The number of halogens is 1. The Morgan fingerprint density at radius 2 is 1.81 bits per heavy atom. The second-order valence-corrected chi connectivity index (χ2v) is 7.20. The number of hydrogen-bond donors (Lipinski definition) is 0. The average molecular weight is 370 g/mol. The molecule has 0 N–H and O–H groups in total. The number of rotatable bonds is 3. The molecule has 1 aliphatic heterocycles. The van der Waals surface area contributed by atoms with Gasteiger partial charge in [0.05, 0.1) is 11.8 Å². The predicted octanol–water partition coefficient (Wildman–Crippen LogP) is 3.36. The maximum atomic E-state index is 14.4. The molecular formula is C18H11FN2O4S. The highest BCUT2D eigenvalue weighted by molar-refractivity contribution is 7.94. The van der Waals surface area contributed by atoms with E-state index in [1.54, 1.807) is 12.1 Å². The number of benzene rings is 2. The van der Waals surface area contributed by atoms with Gasteiger partial charge in [-0.25, -0.2) is 12.8 Å². The van der Waals surface area contributed by atoms with Gasteiger partial charge >= 0.3 is 0 Å². The van der Waals surface area contributed by atoms with Crippen molar-refractivity contribution in [1.82, 2.24) is 4.98 Å². The maximum absolute atomic E-state index is 14.4. The Labute approximate surface area is 148 Å². The second kappa shape index (κ2) is 5.92. The lowest BCUT2D eigenvalue weighted by atomic mass is 10.2. The fraction of sp³-hybridized carbons (Fsp3) is 0. The Balaban J connectivity index is 1.87. The van der Waals surface area contributed by atoms with E-state index >= 15 is 0 Å². The first-order chi connectivity index (χ1) is 12.5. The van der Waals surface area contributed by atoms with Crippen LogP contribution in [0.5, 0.6) is 11.5 Å². The van der Waals surface area contributed by atoms with Crippen molar-refractivity contribution in [2.75, 3.05) is 4.31 Å². The van der Waals surface area contributed by atoms with E-state index in [1.165, 1.54) is 48.8 Å². The number of fused-ring (bicyclic) bond motifs is 1. The molecule has 0 saturated heterocycles. The second-order valence-electron chi connectivity index (χ2n) is 5.45. The summed E-state index contributed by atoms with van der Waals surface area (Å²) in [6, 6.07) is 12.7. The highest BCUT2D eigenvalue weighted by Gasteiger charge is 2.43. The van der Waals surface area contributed by atoms with Crippen molar-refractivity contribution in [3.8, 4) is 11.5 Å². The lowest BCUT2D eigenvalue weighted by Gasteiger charge is -2.19. The summed E-state index contributed by atoms with van der Waals surface area (Å²) in [7, 11) is -4.16. The van der Waals surface area contributed by atoms with Crippen LogP contribution in [0.25, 0.3) is 0 Å². The van der Waals surface area contributed by atoms with Gasteiger partial charge < -0.3 is 4.74 Å². The molecule has 3 aromatic rings. The molecule has 1 aliphatic rings. The molecule has 1 amide bonds. The Kier molecular flexibility index (Phi) is 3.69. The lowest BCUT2D eigenvalue weighted by Crippen LogP contribution is -2.30. The van der Waals surface area contributed by atoms with Gasteiger partial charge in [-0.2, -0.15) is 4.31 Å². The quantitative estimate of drug-likeness (QED) is 0.707. The topological polar surface area (TPSA) is 76.6 Å². The van der Waals surface area contributed by atoms with Gasteiger partial charge in [0.15, 0.2) is 11.6 Å². The Morgan fingerprint density at radius 3 is 2.54 bits per heavy atom. The monoisotopic (exact) mass is 370 g/mol. The van der Waals surface area contributed by atoms with Crippen LogP contribution in [0.2, 0.25) is 0 Å². The van der Waals surface area contributed by atoms with Crippen molar-refractivity contribution in [2.45, 2.75) is 4.90 Å². The van der Waals surface area contributed by atoms with E-state index in [1.807, 2.05) is 0 Å². The summed E-state index contributed by atoms with van der Waals surface area (Å²) in [6.45, 7) is 0. The molecular weight excluding hydrogens is 359 g/mol. The number of amides is 1. The molecule has 0 spiro atoms. The number of ether oxygens (including phenoxy) is 1. The highest BCUT2D eigenvalue weighted by atomic mass is 32.2. The third-order valence-electron chi connectivity index (χ3n) is 3.84. The number of sulfonamides is 1. The zero-order chi connectivity index (χ0) is 18.3. The van der Waals surface area contributed by atoms with Crippen LogP contribution < -0.4 is 9.04 Å². The molecule has 0 radical (unpaired) electrons. The van der Waals surface area contributed by atoms with Crippen LogP contribution in [0.15, 0.2) is 71.9 Å². The zero-order valence-corrected chi connectivity index (χ0v) is 14.0. The number of hydrogen-bond acceptors (Lipinski definition) is 5. The van der Waals surface area contributed by atoms with Gasteiger partial charge in [0.1, 0.15) is 16.3 Å². The molecule has 2 aromatic carbocycles. The molecule has 6 nitrogen and oxygen atoms in total. The summed E-state index contributed by atoms with van der Waals surface area (Å²) in [5.41, 5.74) is -0.167. The summed E-state index contributed by atoms with van der Waals surface area (Å²) in [4.78, 5) is 16.4. The first-order valence-electron chi connectivity index (χ1n) is 7.55. The minimum Gasteiger partial charge on any atom is -0.450 e. The van der Waals surface area contributed by atoms with Crippen molar-refractivity contribution >= 4 is 21.6 Å². The van der Waals surface area contributed by atoms with Crippen molar-refractivity contribution in [3.63, 3.8) is 0 Å². The molecule has 0 atom stereocenters. The minimum atomic E-state index is -4.16. The van der Waals surface area contributed by atoms with Gasteiger partial charge in [0, 0.05) is 6.20 Å². The molecule has 4 rings (SSSR count). The third kappa shape index (κ3) is 2.42. The molecule has 130 valence electrons. The number of anilines is 1. The van der Waals surface area contributed by atoms with Crippen molar-refractivity contribution in [3.05, 3.63) is 78.4 Å². The summed E-state index contributed by atoms with van der Waals surface area (Å²) in [5, 5.41) is 0. The van der Waals surface area contributed by atoms with E-state index < -0.39 is 21.7 Å². The summed E-state index contributed by atoms with van der Waals surface area (Å²) >= 11 is 0. The summed E-state index contributed by atoms with van der Waals surface area (Å²) in [6.07, 6.45) is 2.87. The molecule has 0 fully saturated rings. The van der Waals surface area contributed by atoms with Crippen LogP contribution in [0, 0.1) is 5.82 Å². The summed E-state index contributed by atoms with van der Waals surface area (Å²) < 4.78 is 46.1. The van der Waals surface area contributed by atoms with Crippen LogP contribution >= 0.6 is 0 Å². The lowest BCUT2D eigenvalue weighted by molar-refractivity contribution is 0.101. The van der Waals surface area contributed by atoms with Gasteiger partial charge in [0.2, 0.25) is 0 Å². The van der Waals surface area contributed by atoms with E-state index in [0.717, 1.165) is 6.07 Å². The Bertz CT molecular complexity index is 1120. The molecule has 8 heteroatoms. The first-order valence-corrected chi connectivity index (χ1v) is 8.99. The van der Waals surface area contributed by atoms with Crippen molar-refractivity contribution in [2.24, 2.45) is 0 Å². The van der Waals surface area contributed by atoms with E-state index in [4.69, 9.17) is 4.74 Å². The molecule has 0 bridgehead atoms.